The molecular weight excluding hydrogens is 240 g/mol. The minimum absolute atomic E-state index is 0.221. The number of thiazole rings is 1. The van der Waals surface area contributed by atoms with Crippen molar-refractivity contribution in [1.29, 1.82) is 0 Å². The van der Waals surface area contributed by atoms with Crippen molar-refractivity contribution in [3.63, 3.8) is 0 Å². The van der Waals surface area contributed by atoms with E-state index in [-0.39, 0.29) is 11.6 Å². The first kappa shape index (κ1) is 11.5. The first-order valence-corrected chi connectivity index (χ1v) is 5.68. The number of amides is 1. The molecule has 0 aliphatic rings. The lowest BCUT2D eigenvalue weighted by atomic mass is 10.4. The van der Waals surface area contributed by atoms with Crippen molar-refractivity contribution in [2.75, 3.05) is 12.4 Å². The van der Waals surface area contributed by atoms with Crippen LogP contribution in [0, 0.1) is 6.92 Å². The van der Waals surface area contributed by atoms with Crippen molar-refractivity contribution in [2.24, 2.45) is 0 Å². The second-order valence-corrected chi connectivity index (χ2v) is 4.07. The predicted octanol–water partition coefficient (Wildman–Crippen LogP) is 1.50. The third kappa shape index (κ3) is 2.76. The summed E-state index contributed by atoms with van der Waals surface area (Å²) in [6.45, 7) is 1.86. The number of aromatic nitrogens is 3. The molecule has 2 rings (SSSR count). The normalized spacial score (nSPS) is 10.0. The Morgan fingerprint density at radius 3 is 2.76 bits per heavy atom. The molecule has 0 saturated heterocycles. The molecule has 0 unspecified atom stereocenters. The van der Waals surface area contributed by atoms with Crippen LogP contribution in [0.1, 0.15) is 16.2 Å². The largest absolute Gasteiger partial charge is 0.480 e. The third-order valence-electron chi connectivity index (χ3n) is 1.92. The molecule has 2 heterocycles. The fourth-order valence-corrected chi connectivity index (χ4v) is 1.81. The van der Waals surface area contributed by atoms with E-state index in [9.17, 15) is 4.79 Å². The van der Waals surface area contributed by atoms with Crippen LogP contribution in [0.4, 0.5) is 5.13 Å². The molecule has 6 nitrogen and oxygen atoms in total. The molecule has 0 radical (unpaired) electrons. The molecule has 17 heavy (non-hydrogen) atoms. The van der Waals surface area contributed by atoms with Gasteiger partial charge in [0.1, 0.15) is 0 Å². The van der Waals surface area contributed by atoms with Crippen LogP contribution < -0.4 is 10.1 Å². The highest BCUT2D eigenvalue weighted by atomic mass is 32.1. The van der Waals surface area contributed by atoms with Crippen molar-refractivity contribution >= 4 is 22.4 Å². The minimum Gasteiger partial charge on any atom is -0.480 e. The summed E-state index contributed by atoms with van der Waals surface area (Å²) in [6, 6.07) is 3.12. The van der Waals surface area contributed by atoms with Gasteiger partial charge in [0.2, 0.25) is 5.88 Å². The van der Waals surface area contributed by atoms with Gasteiger partial charge < -0.3 is 4.74 Å². The number of hydrogen-bond donors (Lipinski definition) is 1. The molecule has 0 aliphatic carbocycles. The molecule has 0 saturated carbocycles. The molecule has 0 spiro atoms. The summed E-state index contributed by atoms with van der Waals surface area (Å²) in [5.74, 6) is 0.0288. The molecule has 0 fully saturated rings. The fourth-order valence-electron chi connectivity index (χ4n) is 1.12. The number of nitrogens with one attached hydrogen (secondary N) is 1. The van der Waals surface area contributed by atoms with Gasteiger partial charge >= 0.3 is 0 Å². The molecule has 2 aromatic rings. The predicted molar refractivity (Wildman–Crippen MR) is 63.4 cm³/mol. The number of methoxy groups -OCH3 is 1. The lowest BCUT2D eigenvalue weighted by molar-refractivity contribution is 0.102. The van der Waals surface area contributed by atoms with Gasteiger partial charge in [0.15, 0.2) is 10.8 Å². The van der Waals surface area contributed by atoms with E-state index in [1.165, 1.54) is 18.4 Å². The standard InChI is InChI=1S/C10H10N4O2S/c1-6-5-17-10(11-6)12-9(15)7-3-4-8(16-2)14-13-7/h3-5H,1-2H3,(H,11,12,15). The Bertz CT molecular complexity index is 523. The smallest absolute Gasteiger partial charge is 0.277 e. The Kier molecular flexibility index (Phi) is 3.29. The summed E-state index contributed by atoms with van der Waals surface area (Å²) < 4.78 is 4.85. The van der Waals surface area contributed by atoms with Crippen LogP contribution in [0.5, 0.6) is 5.88 Å². The first-order chi connectivity index (χ1) is 8.19. The highest BCUT2D eigenvalue weighted by Crippen LogP contribution is 2.15. The van der Waals surface area contributed by atoms with Crippen molar-refractivity contribution in [2.45, 2.75) is 6.92 Å². The van der Waals surface area contributed by atoms with Crippen molar-refractivity contribution in [1.82, 2.24) is 15.2 Å². The fraction of sp³-hybridized carbons (Fsp3) is 0.200. The van der Waals surface area contributed by atoms with Gasteiger partial charge in [-0.25, -0.2) is 4.98 Å². The van der Waals surface area contributed by atoms with Gasteiger partial charge in [0, 0.05) is 11.4 Å². The Hall–Kier alpha value is -2.02. The summed E-state index contributed by atoms with van der Waals surface area (Å²) >= 11 is 1.36. The first-order valence-electron chi connectivity index (χ1n) is 4.80. The van der Waals surface area contributed by atoms with Crippen LogP contribution in [-0.2, 0) is 0 Å². The van der Waals surface area contributed by atoms with Crippen LogP contribution in [0.25, 0.3) is 0 Å². The van der Waals surface area contributed by atoms with E-state index in [0.29, 0.717) is 11.0 Å². The van der Waals surface area contributed by atoms with Crippen LogP contribution in [0.2, 0.25) is 0 Å². The zero-order valence-electron chi connectivity index (χ0n) is 9.30. The van der Waals surface area contributed by atoms with E-state index in [0.717, 1.165) is 5.69 Å². The van der Waals surface area contributed by atoms with Crippen LogP contribution in [-0.4, -0.2) is 28.2 Å². The van der Waals surface area contributed by atoms with Crippen LogP contribution >= 0.6 is 11.3 Å². The maximum absolute atomic E-state index is 11.7. The lowest BCUT2D eigenvalue weighted by Crippen LogP contribution is -2.14. The Morgan fingerprint density at radius 2 is 2.24 bits per heavy atom. The minimum atomic E-state index is -0.338. The van der Waals surface area contributed by atoms with Crippen molar-refractivity contribution in [3.8, 4) is 5.88 Å². The van der Waals surface area contributed by atoms with Crippen LogP contribution in [0.15, 0.2) is 17.5 Å². The molecule has 1 amide bonds. The van der Waals surface area contributed by atoms with E-state index in [1.807, 2.05) is 12.3 Å². The monoisotopic (exact) mass is 250 g/mol. The van der Waals surface area contributed by atoms with Gasteiger partial charge in [-0.1, -0.05) is 0 Å². The molecule has 0 aliphatic heterocycles. The van der Waals surface area contributed by atoms with E-state index >= 15 is 0 Å². The topological polar surface area (TPSA) is 77.0 Å². The molecular formula is C10H10N4O2S. The number of aryl methyl sites for hydroxylation is 1. The Labute approximate surface area is 102 Å². The number of ether oxygens (including phenoxy) is 1. The van der Waals surface area contributed by atoms with Gasteiger partial charge in [-0.3, -0.25) is 10.1 Å². The second kappa shape index (κ2) is 4.88. The van der Waals surface area contributed by atoms with E-state index in [2.05, 4.69) is 20.5 Å². The summed E-state index contributed by atoms with van der Waals surface area (Å²) in [7, 11) is 1.49. The molecule has 88 valence electrons. The highest BCUT2D eigenvalue weighted by molar-refractivity contribution is 7.13. The molecule has 1 N–H and O–H groups in total. The average molecular weight is 250 g/mol. The number of carbonyl (C=O) groups excluding carboxylic acids is 1. The highest BCUT2D eigenvalue weighted by Gasteiger charge is 2.10. The molecule has 0 atom stereocenters. The van der Waals surface area contributed by atoms with Crippen LogP contribution in [0.3, 0.4) is 0 Å². The molecule has 0 aromatic carbocycles. The SMILES string of the molecule is COc1ccc(C(=O)Nc2nc(C)cs2)nn1. The Morgan fingerprint density at radius 1 is 1.41 bits per heavy atom. The quantitative estimate of drug-likeness (QED) is 0.893. The molecule has 7 heteroatoms. The number of nitrogens with zero attached hydrogens (tertiary/aromatic N) is 3. The number of hydrogen-bond acceptors (Lipinski definition) is 6. The zero-order chi connectivity index (χ0) is 12.3. The maximum Gasteiger partial charge on any atom is 0.277 e. The number of rotatable bonds is 3. The Balaban J connectivity index is 2.09. The summed E-state index contributed by atoms with van der Waals surface area (Å²) in [5, 5.41) is 12.5. The average Bonchev–Trinajstić information content (AvgIpc) is 2.75. The molecule has 2 aromatic heterocycles. The number of anilines is 1. The summed E-state index contributed by atoms with van der Waals surface area (Å²) in [4.78, 5) is 15.9. The van der Waals surface area contributed by atoms with Gasteiger partial charge in [-0.05, 0) is 13.0 Å². The summed E-state index contributed by atoms with van der Waals surface area (Å²) in [6.07, 6.45) is 0. The van der Waals surface area contributed by atoms with Crippen molar-refractivity contribution < 1.29 is 9.53 Å². The van der Waals surface area contributed by atoms with Gasteiger partial charge in [-0.2, -0.15) is 0 Å². The lowest BCUT2D eigenvalue weighted by Gasteiger charge is -2.01. The van der Waals surface area contributed by atoms with E-state index < -0.39 is 0 Å². The van der Waals surface area contributed by atoms with E-state index in [4.69, 9.17) is 4.74 Å². The third-order valence-corrected chi connectivity index (χ3v) is 2.80. The zero-order valence-corrected chi connectivity index (χ0v) is 10.1. The van der Waals surface area contributed by atoms with Gasteiger partial charge in [-0.15, -0.1) is 21.5 Å². The second-order valence-electron chi connectivity index (χ2n) is 3.21. The van der Waals surface area contributed by atoms with Crippen molar-refractivity contribution in [3.05, 3.63) is 28.9 Å². The molecule has 0 bridgehead atoms. The number of carbonyl (C=O) groups is 1. The summed E-state index contributed by atoms with van der Waals surface area (Å²) in [5.41, 5.74) is 1.09. The van der Waals surface area contributed by atoms with Gasteiger partial charge in [0.25, 0.3) is 5.91 Å². The maximum atomic E-state index is 11.7. The van der Waals surface area contributed by atoms with E-state index in [1.54, 1.807) is 12.1 Å². The van der Waals surface area contributed by atoms with Gasteiger partial charge in [0.05, 0.1) is 12.8 Å².